The summed E-state index contributed by atoms with van der Waals surface area (Å²) in [7, 11) is 0. The summed E-state index contributed by atoms with van der Waals surface area (Å²) in [6.45, 7) is 5.23. The third kappa shape index (κ3) is 4.17. The quantitative estimate of drug-likeness (QED) is 0.817. The van der Waals surface area contributed by atoms with E-state index in [9.17, 15) is 0 Å². The molecular weight excluding hydrogens is 320 g/mol. The lowest BCUT2D eigenvalue weighted by Crippen LogP contribution is -2.42. The van der Waals surface area contributed by atoms with Gasteiger partial charge in [-0.25, -0.2) is 9.97 Å². The number of benzene rings is 1. The zero-order valence-electron chi connectivity index (χ0n) is 13.2. The maximum atomic E-state index is 5.74. The lowest BCUT2D eigenvalue weighted by molar-refractivity contribution is 0.290. The van der Waals surface area contributed by atoms with Crippen LogP contribution >= 0.6 is 12.2 Å². The second-order valence-electron chi connectivity index (χ2n) is 5.34. The molecule has 2 heterocycles. The summed E-state index contributed by atoms with van der Waals surface area (Å²) in [5, 5.41) is 3.78. The summed E-state index contributed by atoms with van der Waals surface area (Å²) in [6.07, 6.45) is 7.84. The minimum absolute atomic E-state index is 0.538. The number of hydrogen-bond acceptors (Lipinski definition) is 4. The first kappa shape index (κ1) is 16.1. The zero-order chi connectivity index (χ0) is 16.8. The summed E-state index contributed by atoms with van der Waals surface area (Å²) in [5.74, 6) is 0.850. The molecule has 6 heteroatoms. The molecule has 0 fully saturated rings. The second kappa shape index (κ2) is 7.70. The van der Waals surface area contributed by atoms with E-state index >= 15 is 0 Å². The highest BCUT2D eigenvalue weighted by Gasteiger charge is 2.18. The molecule has 3 rings (SSSR count). The van der Waals surface area contributed by atoms with Crippen molar-refractivity contribution in [1.29, 1.82) is 0 Å². The average molecular weight is 338 g/mol. The fourth-order valence-corrected chi connectivity index (χ4v) is 2.61. The van der Waals surface area contributed by atoms with E-state index in [1.807, 2.05) is 41.4 Å². The van der Waals surface area contributed by atoms with Gasteiger partial charge in [-0.15, -0.1) is 0 Å². The molecule has 0 aliphatic carbocycles. The fraction of sp³-hybridized carbons (Fsp3) is 0.167. The average Bonchev–Trinajstić information content (AvgIpc) is 2.60. The van der Waals surface area contributed by atoms with Crippen molar-refractivity contribution >= 4 is 17.3 Å². The Kier molecular flexibility index (Phi) is 5.18. The minimum Gasteiger partial charge on any atom is -0.492 e. The van der Waals surface area contributed by atoms with Crippen LogP contribution < -0.4 is 10.1 Å². The number of ether oxygens (including phenoxy) is 1. The Hall–Kier alpha value is -2.73. The SMILES string of the molecule is C=C1NC(=S)N(CCOc2ccccc2)C=C1Cc1cncnc1. The molecule has 0 saturated heterocycles. The molecule has 0 radical (unpaired) electrons. The standard InChI is InChI=1S/C18H18N4OS/c1-14-16(9-15-10-19-13-20-11-15)12-22(18(24)21-14)7-8-23-17-5-3-2-4-6-17/h2-6,10-13H,1,7-9H2,(H,21,24). The van der Waals surface area contributed by atoms with E-state index in [2.05, 4.69) is 21.9 Å². The first-order valence-corrected chi connectivity index (χ1v) is 8.02. The van der Waals surface area contributed by atoms with Crippen LogP contribution in [-0.2, 0) is 6.42 Å². The van der Waals surface area contributed by atoms with Gasteiger partial charge >= 0.3 is 0 Å². The number of nitrogens with zero attached hydrogens (tertiary/aromatic N) is 3. The van der Waals surface area contributed by atoms with E-state index in [4.69, 9.17) is 17.0 Å². The van der Waals surface area contributed by atoms with Crippen LogP contribution in [-0.4, -0.2) is 33.1 Å². The van der Waals surface area contributed by atoms with E-state index in [1.165, 1.54) is 6.33 Å². The molecule has 24 heavy (non-hydrogen) atoms. The number of rotatable bonds is 6. The van der Waals surface area contributed by atoms with Gasteiger partial charge in [0, 0.05) is 30.7 Å². The molecule has 1 aromatic carbocycles. The number of hydrogen-bond donors (Lipinski definition) is 1. The molecule has 5 nitrogen and oxygen atoms in total. The largest absolute Gasteiger partial charge is 0.492 e. The predicted octanol–water partition coefficient (Wildman–Crippen LogP) is 2.69. The summed E-state index contributed by atoms with van der Waals surface area (Å²) in [6, 6.07) is 9.74. The van der Waals surface area contributed by atoms with Crippen molar-refractivity contribution in [3.8, 4) is 5.75 Å². The number of nitrogens with one attached hydrogen (secondary N) is 1. The Balaban J connectivity index is 1.63. The first-order valence-electron chi connectivity index (χ1n) is 7.62. The summed E-state index contributed by atoms with van der Waals surface area (Å²) >= 11 is 5.38. The van der Waals surface area contributed by atoms with Crippen molar-refractivity contribution in [3.63, 3.8) is 0 Å². The smallest absolute Gasteiger partial charge is 0.177 e. The van der Waals surface area contributed by atoms with Crippen molar-refractivity contribution in [1.82, 2.24) is 20.2 Å². The third-order valence-corrected chi connectivity index (χ3v) is 3.91. The van der Waals surface area contributed by atoms with E-state index in [-0.39, 0.29) is 0 Å². The van der Waals surface area contributed by atoms with E-state index in [0.717, 1.165) is 22.6 Å². The van der Waals surface area contributed by atoms with Crippen molar-refractivity contribution in [2.45, 2.75) is 6.42 Å². The molecule has 0 atom stereocenters. The lowest BCUT2D eigenvalue weighted by atomic mass is 10.1. The maximum Gasteiger partial charge on any atom is 0.177 e. The maximum absolute atomic E-state index is 5.74. The van der Waals surface area contributed by atoms with Gasteiger partial charge in [0.1, 0.15) is 18.7 Å². The number of para-hydroxylation sites is 1. The second-order valence-corrected chi connectivity index (χ2v) is 5.73. The monoisotopic (exact) mass is 338 g/mol. The third-order valence-electron chi connectivity index (χ3n) is 3.57. The molecule has 1 aliphatic heterocycles. The van der Waals surface area contributed by atoms with Gasteiger partial charge in [-0.3, -0.25) is 0 Å². The molecule has 0 amide bonds. The lowest BCUT2D eigenvalue weighted by Gasteiger charge is -2.29. The Bertz CT molecular complexity index is 746. The highest BCUT2D eigenvalue weighted by atomic mass is 32.1. The van der Waals surface area contributed by atoms with Crippen molar-refractivity contribution in [2.75, 3.05) is 13.2 Å². The minimum atomic E-state index is 0.538. The van der Waals surface area contributed by atoms with Gasteiger partial charge in [-0.1, -0.05) is 24.8 Å². The van der Waals surface area contributed by atoms with Crippen LogP contribution in [0.4, 0.5) is 0 Å². The highest BCUT2D eigenvalue weighted by molar-refractivity contribution is 7.80. The molecule has 0 spiro atoms. The topological polar surface area (TPSA) is 50.3 Å². The van der Waals surface area contributed by atoms with Crippen LogP contribution in [0.25, 0.3) is 0 Å². The van der Waals surface area contributed by atoms with Crippen LogP contribution in [0.3, 0.4) is 0 Å². The molecule has 2 aromatic rings. The van der Waals surface area contributed by atoms with E-state index < -0.39 is 0 Å². The number of aromatic nitrogens is 2. The highest BCUT2D eigenvalue weighted by Crippen LogP contribution is 2.18. The number of allylic oxidation sites excluding steroid dienone is 1. The summed E-state index contributed by atoms with van der Waals surface area (Å²) in [4.78, 5) is 10.1. The molecule has 1 aromatic heterocycles. The summed E-state index contributed by atoms with van der Waals surface area (Å²) in [5.41, 5.74) is 2.89. The van der Waals surface area contributed by atoms with Crippen molar-refractivity contribution in [2.24, 2.45) is 0 Å². The van der Waals surface area contributed by atoms with Gasteiger partial charge < -0.3 is 15.0 Å². The predicted molar refractivity (Wildman–Crippen MR) is 97.3 cm³/mol. The van der Waals surface area contributed by atoms with E-state index in [1.54, 1.807) is 12.4 Å². The molecule has 0 saturated carbocycles. The number of thiocarbonyl (C=S) groups is 1. The fourth-order valence-electron chi connectivity index (χ4n) is 2.34. The molecule has 0 bridgehead atoms. The van der Waals surface area contributed by atoms with Gasteiger partial charge in [0.15, 0.2) is 5.11 Å². The van der Waals surface area contributed by atoms with E-state index in [0.29, 0.717) is 24.7 Å². The van der Waals surface area contributed by atoms with Gasteiger partial charge in [0.25, 0.3) is 0 Å². The van der Waals surface area contributed by atoms with Crippen LogP contribution in [0.15, 0.2) is 73.1 Å². The molecular formula is C18H18N4OS. The van der Waals surface area contributed by atoms with Gasteiger partial charge in [-0.05, 0) is 35.5 Å². The van der Waals surface area contributed by atoms with Crippen molar-refractivity contribution in [3.05, 3.63) is 78.7 Å². The van der Waals surface area contributed by atoms with Crippen LogP contribution in [0.5, 0.6) is 5.75 Å². The van der Waals surface area contributed by atoms with Gasteiger partial charge in [0.05, 0.1) is 6.54 Å². The van der Waals surface area contributed by atoms with Crippen LogP contribution in [0, 0.1) is 0 Å². The summed E-state index contributed by atoms with van der Waals surface area (Å²) < 4.78 is 5.74. The Morgan fingerprint density at radius 2 is 1.92 bits per heavy atom. The molecule has 1 N–H and O–H groups in total. The molecule has 122 valence electrons. The zero-order valence-corrected chi connectivity index (χ0v) is 14.0. The van der Waals surface area contributed by atoms with Crippen molar-refractivity contribution < 1.29 is 4.74 Å². The first-order chi connectivity index (χ1) is 11.7. The Morgan fingerprint density at radius 3 is 2.67 bits per heavy atom. The Morgan fingerprint density at radius 1 is 1.17 bits per heavy atom. The normalized spacial score (nSPS) is 14.2. The van der Waals surface area contributed by atoms with Crippen LogP contribution in [0.1, 0.15) is 5.56 Å². The van der Waals surface area contributed by atoms with Gasteiger partial charge in [0.2, 0.25) is 0 Å². The molecule has 1 aliphatic rings. The Labute approximate surface area is 146 Å². The molecule has 0 unspecified atom stereocenters. The van der Waals surface area contributed by atoms with Crippen LogP contribution in [0.2, 0.25) is 0 Å². The van der Waals surface area contributed by atoms with Gasteiger partial charge in [-0.2, -0.15) is 0 Å².